The number of carbonyl (C=O) groups is 1. The summed E-state index contributed by atoms with van der Waals surface area (Å²) in [6, 6.07) is 9.81. The number of fused-ring (bicyclic) bond motifs is 1. The van der Waals surface area contributed by atoms with Gasteiger partial charge in [0.25, 0.3) is 0 Å². The monoisotopic (exact) mass is 327 g/mol. The number of nitrogens with zero attached hydrogens (tertiary/aromatic N) is 3. The predicted octanol–water partition coefficient (Wildman–Crippen LogP) is 3.72. The highest BCUT2D eigenvalue weighted by atomic mass is 19.3. The van der Waals surface area contributed by atoms with E-state index < -0.39 is 11.8 Å². The molecule has 0 atom stereocenters. The van der Waals surface area contributed by atoms with Crippen LogP contribution in [0.4, 0.5) is 14.5 Å². The van der Waals surface area contributed by atoms with E-state index in [1.54, 1.807) is 12.1 Å². The summed E-state index contributed by atoms with van der Waals surface area (Å²) in [6.45, 7) is 3.53. The number of amides is 1. The maximum absolute atomic E-state index is 14.6. The minimum absolute atomic E-state index is 0.0987. The van der Waals surface area contributed by atoms with E-state index in [2.05, 4.69) is 4.98 Å². The van der Waals surface area contributed by atoms with E-state index in [0.717, 1.165) is 4.90 Å². The molecule has 2 heterocycles. The molecule has 1 aromatic carbocycles. The summed E-state index contributed by atoms with van der Waals surface area (Å²) in [5.41, 5.74) is 1.21. The van der Waals surface area contributed by atoms with Crippen LogP contribution in [0, 0.1) is 11.3 Å². The van der Waals surface area contributed by atoms with Gasteiger partial charge in [-0.15, -0.1) is 0 Å². The molecular formula is C18H15F2N3O. The molecule has 24 heavy (non-hydrogen) atoms. The molecule has 1 aliphatic rings. The van der Waals surface area contributed by atoms with E-state index in [0.29, 0.717) is 16.8 Å². The Morgan fingerprint density at radius 1 is 1.33 bits per heavy atom. The second kappa shape index (κ2) is 5.68. The summed E-state index contributed by atoms with van der Waals surface area (Å²) < 4.78 is 29.2. The summed E-state index contributed by atoms with van der Waals surface area (Å²) in [6.07, 6.45) is 1.43. The molecule has 0 spiro atoms. The lowest BCUT2D eigenvalue weighted by Gasteiger charge is -2.17. The van der Waals surface area contributed by atoms with E-state index in [4.69, 9.17) is 5.26 Å². The molecule has 0 fully saturated rings. The Kier molecular flexibility index (Phi) is 3.80. The van der Waals surface area contributed by atoms with Gasteiger partial charge in [0, 0.05) is 6.20 Å². The standard InChI is InChI=1S/C18H15F2N3O/c1-11(2)14-4-3-5-15-16(14)18(19,20)17(24)23(15)10-13-8-12(9-21)6-7-22-13/h3-8,11H,10H2,1-2H3. The molecular weight excluding hydrogens is 312 g/mol. The summed E-state index contributed by atoms with van der Waals surface area (Å²) in [5.74, 6) is -4.93. The lowest BCUT2D eigenvalue weighted by atomic mass is 9.94. The lowest BCUT2D eigenvalue weighted by Crippen LogP contribution is -2.34. The SMILES string of the molecule is CC(C)c1cccc2c1C(F)(F)C(=O)N2Cc1cc(C#N)ccn1. The topological polar surface area (TPSA) is 57.0 Å². The fraction of sp³-hybridized carbons (Fsp3) is 0.278. The molecule has 0 bridgehead atoms. The van der Waals surface area contributed by atoms with Crippen LogP contribution in [0.25, 0.3) is 0 Å². The quantitative estimate of drug-likeness (QED) is 0.863. The fourth-order valence-electron chi connectivity index (χ4n) is 2.94. The Bertz CT molecular complexity index is 856. The molecule has 1 amide bonds. The number of halogens is 2. The van der Waals surface area contributed by atoms with Gasteiger partial charge in [-0.25, -0.2) is 0 Å². The first-order valence-electron chi connectivity index (χ1n) is 7.54. The van der Waals surface area contributed by atoms with Crippen molar-refractivity contribution in [2.45, 2.75) is 32.2 Å². The molecule has 4 nitrogen and oxygen atoms in total. The Morgan fingerprint density at radius 2 is 2.08 bits per heavy atom. The molecule has 0 radical (unpaired) electrons. The zero-order valence-electron chi connectivity index (χ0n) is 13.3. The van der Waals surface area contributed by atoms with E-state index in [1.807, 2.05) is 19.9 Å². The number of pyridine rings is 1. The van der Waals surface area contributed by atoms with Gasteiger partial charge in [-0.05, 0) is 29.7 Å². The van der Waals surface area contributed by atoms with Crippen molar-refractivity contribution in [3.8, 4) is 6.07 Å². The third kappa shape index (κ3) is 2.42. The number of hydrogen-bond donors (Lipinski definition) is 0. The normalized spacial score (nSPS) is 15.5. The Balaban J connectivity index is 2.07. The van der Waals surface area contributed by atoms with Gasteiger partial charge >= 0.3 is 11.8 Å². The predicted molar refractivity (Wildman–Crippen MR) is 84.6 cm³/mol. The minimum Gasteiger partial charge on any atom is -0.300 e. The molecule has 1 aromatic heterocycles. The van der Waals surface area contributed by atoms with Gasteiger partial charge in [-0.2, -0.15) is 14.0 Å². The first-order chi connectivity index (χ1) is 11.4. The third-order valence-electron chi connectivity index (χ3n) is 4.08. The van der Waals surface area contributed by atoms with Crippen molar-refractivity contribution in [1.82, 2.24) is 4.98 Å². The van der Waals surface area contributed by atoms with E-state index in [-0.39, 0.29) is 23.7 Å². The summed E-state index contributed by atoms with van der Waals surface area (Å²) in [4.78, 5) is 17.4. The smallest absolute Gasteiger partial charge is 0.300 e. The lowest BCUT2D eigenvalue weighted by molar-refractivity contribution is -0.141. The second-order valence-corrected chi connectivity index (χ2v) is 6.01. The van der Waals surface area contributed by atoms with Crippen LogP contribution in [0.3, 0.4) is 0 Å². The molecule has 0 saturated carbocycles. The Hall–Kier alpha value is -2.81. The van der Waals surface area contributed by atoms with Gasteiger partial charge in [-0.3, -0.25) is 9.78 Å². The Morgan fingerprint density at radius 3 is 2.75 bits per heavy atom. The fourth-order valence-corrected chi connectivity index (χ4v) is 2.94. The van der Waals surface area contributed by atoms with Crippen molar-refractivity contribution in [2.75, 3.05) is 4.90 Å². The van der Waals surface area contributed by atoms with Crippen LogP contribution in [0.5, 0.6) is 0 Å². The minimum atomic E-state index is -3.55. The highest BCUT2D eigenvalue weighted by molar-refractivity contribution is 6.06. The molecule has 6 heteroatoms. The number of alkyl halides is 2. The van der Waals surface area contributed by atoms with Crippen molar-refractivity contribution < 1.29 is 13.6 Å². The van der Waals surface area contributed by atoms with Crippen LogP contribution in [0.1, 0.15) is 42.1 Å². The molecule has 0 saturated heterocycles. The van der Waals surface area contributed by atoms with Gasteiger partial charge in [0.15, 0.2) is 0 Å². The molecule has 2 aromatic rings. The van der Waals surface area contributed by atoms with Crippen LogP contribution in [0.2, 0.25) is 0 Å². The molecule has 122 valence electrons. The first kappa shape index (κ1) is 16.1. The highest BCUT2D eigenvalue weighted by Crippen LogP contribution is 2.48. The third-order valence-corrected chi connectivity index (χ3v) is 4.08. The van der Waals surface area contributed by atoms with Gasteiger partial charge < -0.3 is 4.90 Å². The second-order valence-electron chi connectivity index (χ2n) is 6.01. The number of hydrogen-bond acceptors (Lipinski definition) is 3. The largest absolute Gasteiger partial charge is 0.352 e. The number of anilines is 1. The first-order valence-corrected chi connectivity index (χ1v) is 7.54. The molecule has 0 unspecified atom stereocenters. The number of rotatable bonds is 3. The molecule has 3 rings (SSSR count). The van der Waals surface area contributed by atoms with Crippen molar-refractivity contribution in [3.63, 3.8) is 0 Å². The van der Waals surface area contributed by atoms with Crippen LogP contribution in [-0.2, 0) is 17.3 Å². The molecule has 0 N–H and O–H groups in total. The van der Waals surface area contributed by atoms with Crippen LogP contribution >= 0.6 is 0 Å². The van der Waals surface area contributed by atoms with Crippen LogP contribution < -0.4 is 4.90 Å². The van der Waals surface area contributed by atoms with E-state index in [9.17, 15) is 13.6 Å². The van der Waals surface area contributed by atoms with Gasteiger partial charge in [0.1, 0.15) is 0 Å². The molecule has 0 aliphatic carbocycles. The summed E-state index contributed by atoms with van der Waals surface area (Å²) in [7, 11) is 0. The van der Waals surface area contributed by atoms with Crippen LogP contribution in [0.15, 0.2) is 36.5 Å². The number of carbonyl (C=O) groups excluding carboxylic acids is 1. The maximum Gasteiger partial charge on any atom is 0.352 e. The number of benzene rings is 1. The van der Waals surface area contributed by atoms with Crippen molar-refractivity contribution >= 4 is 11.6 Å². The van der Waals surface area contributed by atoms with Gasteiger partial charge in [0.05, 0.1) is 35.1 Å². The maximum atomic E-state index is 14.6. The zero-order chi connectivity index (χ0) is 17.5. The Labute approximate surface area is 138 Å². The molecule has 1 aliphatic heterocycles. The number of nitriles is 1. The summed E-state index contributed by atoms with van der Waals surface area (Å²) >= 11 is 0. The van der Waals surface area contributed by atoms with E-state index >= 15 is 0 Å². The average molecular weight is 327 g/mol. The average Bonchev–Trinajstić information content (AvgIpc) is 2.76. The van der Waals surface area contributed by atoms with E-state index in [1.165, 1.54) is 24.4 Å². The zero-order valence-corrected chi connectivity index (χ0v) is 13.3. The van der Waals surface area contributed by atoms with Gasteiger partial charge in [-0.1, -0.05) is 26.0 Å². The van der Waals surface area contributed by atoms with Gasteiger partial charge in [0.2, 0.25) is 0 Å². The number of aromatic nitrogens is 1. The summed E-state index contributed by atoms with van der Waals surface area (Å²) in [5, 5.41) is 8.93. The van der Waals surface area contributed by atoms with Crippen LogP contribution in [-0.4, -0.2) is 10.9 Å². The van der Waals surface area contributed by atoms with Crippen molar-refractivity contribution in [3.05, 3.63) is 58.9 Å². The van der Waals surface area contributed by atoms with Crippen molar-refractivity contribution in [1.29, 1.82) is 5.26 Å². The van der Waals surface area contributed by atoms with Crippen molar-refractivity contribution in [2.24, 2.45) is 0 Å². The highest BCUT2D eigenvalue weighted by Gasteiger charge is 2.54.